The Bertz CT molecular complexity index is 1590. The van der Waals surface area contributed by atoms with Crippen molar-refractivity contribution in [1.29, 1.82) is 0 Å². The molecule has 1 fully saturated rings. The number of carbonyl (C=O) groups is 3. The van der Waals surface area contributed by atoms with Crippen LogP contribution in [0.3, 0.4) is 0 Å². The number of ketones is 1. The second-order valence-corrected chi connectivity index (χ2v) is 9.98. The van der Waals surface area contributed by atoms with E-state index >= 15 is 0 Å². The van der Waals surface area contributed by atoms with Crippen LogP contribution in [0.5, 0.6) is 17.2 Å². The van der Waals surface area contributed by atoms with Crippen molar-refractivity contribution in [2.24, 2.45) is 0 Å². The molecule has 1 amide bonds. The summed E-state index contributed by atoms with van der Waals surface area (Å²) in [6.45, 7) is 9.77. The molecule has 210 valence electrons. The first-order valence-electron chi connectivity index (χ1n) is 12.6. The average molecular weight is 575 g/mol. The highest BCUT2D eigenvalue weighted by molar-refractivity contribution is 7.17. The number of nitrogens with zero attached hydrogens (tertiary/aromatic N) is 2. The van der Waals surface area contributed by atoms with Gasteiger partial charge in [0, 0.05) is 5.56 Å². The van der Waals surface area contributed by atoms with Gasteiger partial charge in [-0.1, -0.05) is 48.8 Å². The molecule has 2 aliphatic rings. The first-order valence-corrected chi connectivity index (χ1v) is 13.5. The molecule has 0 aliphatic carbocycles. The summed E-state index contributed by atoms with van der Waals surface area (Å²) in [6.07, 6.45) is 3.03. The zero-order valence-corrected chi connectivity index (χ0v) is 22.9. The first-order chi connectivity index (χ1) is 19.8. The lowest BCUT2D eigenvalue weighted by atomic mass is 9.95. The van der Waals surface area contributed by atoms with Crippen LogP contribution in [-0.4, -0.2) is 54.2 Å². The molecule has 0 bridgehead atoms. The van der Waals surface area contributed by atoms with E-state index in [0.717, 1.165) is 11.3 Å². The van der Waals surface area contributed by atoms with E-state index in [1.807, 2.05) is 0 Å². The molecule has 11 heteroatoms. The SMILES string of the molecule is C=CCOC(=O)c1sc(N2C(=O)C(=O)C(=C(O)c3ccc4c(c3)OCCO4)[C@H]2c2cccc(OCC=C)c2)nc1C. The number of thiazole rings is 1. The van der Waals surface area contributed by atoms with E-state index in [2.05, 4.69) is 18.1 Å². The van der Waals surface area contributed by atoms with Crippen molar-refractivity contribution >= 4 is 39.9 Å². The third kappa shape index (κ3) is 5.31. The third-order valence-electron chi connectivity index (χ3n) is 6.31. The number of aliphatic hydroxyl groups is 1. The molecule has 10 nitrogen and oxygen atoms in total. The normalized spacial score (nSPS) is 17.3. The van der Waals surface area contributed by atoms with Crippen LogP contribution in [0.4, 0.5) is 5.13 Å². The van der Waals surface area contributed by atoms with Crippen molar-refractivity contribution < 1.29 is 38.4 Å². The van der Waals surface area contributed by atoms with Crippen molar-refractivity contribution in [1.82, 2.24) is 4.98 Å². The molecule has 1 atom stereocenters. The Morgan fingerprint density at radius 1 is 1.12 bits per heavy atom. The fourth-order valence-corrected chi connectivity index (χ4v) is 5.48. The van der Waals surface area contributed by atoms with Gasteiger partial charge >= 0.3 is 11.9 Å². The van der Waals surface area contributed by atoms with Gasteiger partial charge in [0.1, 0.15) is 42.8 Å². The number of hydrogen-bond acceptors (Lipinski definition) is 10. The number of hydrogen-bond donors (Lipinski definition) is 1. The van der Waals surface area contributed by atoms with Crippen LogP contribution in [0.15, 0.2) is 73.3 Å². The number of aliphatic hydroxyl groups excluding tert-OH is 1. The minimum absolute atomic E-state index is 0.00303. The van der Waals surface area contributed by atoms with Gasteiger partial charge in [-0.25, -0.2) is 9.78 Å². The van der Waals surface area contributed by atoms with Crippen molar-refractivity contribution in [2.45, 2.75) is 13.0 Å². The lowest BCUT2D eigenvalue weighted by Gasteiger charge is -2.23. The van der Waals surface area contributed by atoms with E-state index in [-0.39, 0.29) is 34.4 Å². The van der Waals surface area contributed by atoms with Gasteiger partial charge in [-0.15, -0.1) is 0 Å². The minimum atomic E-state index is -1.09. The molecule has 1 N–H and O–H groups in total. The van der Waals surface area contributed by atoms with Gasteiger partial charge in [-0.2, -0.15) is 0 Å². The number of fused-ring (bicyclic) bond motifs is 1. The summed E-state index contributed by atoms with van der Waals surface area (Å²) in [5.74, 6) is -1.47. The zero-order valence-electron chi connectivity index (χ0n) is 22.1. The number of carbonyl (C=O) groups excluding carboxylic acids is 3. The molecule has 41 heavy (non-hydrogen) atoms. The van der Waals surface area contributed by atoms with E-state index in [9.17, 15) is 19.5 Å². The number of aromatic nitrogens is 1. The molecule has 0 unspecified atom stereocenters. The molecular formula is C30H26N2O8S. The molecule has 1 aromatic heterocycles. The molecule has 3 aromatic rings. The van der Waals surface area contributed by atoms with Crippen LogP contribution in [0.25, 0.3) is 5.76 Å². The Morgan fingerprint density at radius 3 is 2.63 bits per heavy atom. The Kier molecular flexibility index (Phi) is 7.88. The predicted octanol–water partition coefficient (Wildman–Crippen LogP) is 4.76. The van der Waals surface area contributed by atoms with E-state index in [1.54, 1.807) is 55.5 Å². The Hall–Kier alpha value is -4.90. The highest BCUT2D eigenvalue weighted by atomic mass is 32.1. The van der Waals surface area contributed by atoms with Gasteiger partial charge in [-0.3, -0.25) is 14.5 Å². The monoisotopic (exact) mass is 574 g/mol. The highest BCUT2D eigenvalue weighted by Gasteiger charge is 2.48. The second-order valence-electron chi connectivity index (χ2n) is 9.00. The summed E-state index contributed by atoms with van der Waals surface area (Å²) in [6, 6.07) is 10.5. The Morgan fingerprint density at radius 2 is 1.88 bits per heavy atom. The number of benzene rings is 2. The van der Waals surface area contributed by atoms with Crippen LogP contribution in [0.1, 0.15) is 32.5 Å². The molecule has 3 heterocycles. The number of aryl methyl sites for hydroxylation is 1. The number of ether oxygens (including phenoxy) is 4. The van der Waals surface area contributed by atoms with Crippen LogP contribution in [0, 0.1) is 6.92 Å². The molecule has 2 aliphatic heterocycles. The number of amides is 1. The molecule has 5 rings (SSSR count). The summed E-state index contributed by atoms with van der Waals surface area (Å²) in [5, 5.41) is 11.6. The summed E-state index contributed by atoms with van der Waals surface area (Å²) < 4.78 is 22.1. The molecule has 0 spiro atoms. The molecule has 1 saturated heterocycles. The lowest BCUT2D eigenvalue weighted by molar-refractivity contribution is -0.132. The van der Waals surface area contributed by atoms with E-state index < -0.39 is 29.5 Å². The van der Waals surface area contributed by atoms with Crippen molar-refractivity contribution in [3.05, 3.63) is 95.0 Å². The Balaban J connectivity index is 1.65. The molecular weight excluding hydrogens is 548 g/mol. The van der Waals surface area contributed by atoms with Gasteiger partial charge in [0.2, 0.25) is 0 Å². The van der Waals surface area contributed by atoms with E-state index in [4.69, 9.17) is 18.9 Å². The van der Waals surface area contributed by atoms with Crippen molar-refractivity contribution in [2.75, 3.05) is 31.3 Å². The van der Waals surface area contributed by atoms with Crippen molar-refractivity contribution in [3.63, 3.8) is 0 Å². The number of anilines is 1. The zero-order chi connectivity index (χ0) is 29.1. The lowest BCUT2D eigenvalue weighted by Crippen LogP contribution is -2.29. The molecule has 0 radical (unpaired) electrons. The maximum atomic E-state index is 13.6. The van der Waals surface area contributed by atoms with Crippen LogP contribution in [-0.2, 0) is 14.3 Å². The third-order valence-corrected chi connectivity index (χ3v) is 7.45. The first kappa shape index (κ1) is 27.7. The second kappa shape index (κ2) is 11.7. The predicted molar refractivity (Wildman–Crippen MR) is 152 cm³/mol. The Labute approximate surface area is 239 Å². The van der Waals surface area contributed by atoms with Crippen LogP contribution in [0.2, 0.25) is 0 Å². The summed E-state index contributed by atoms with van der Waals surface area (Å²) in [7, 11) is 0. The van der Waals surface area contributed by atoms with Crippen LogP contribution >= 0.6 is 11.3 Å². The van der Waals surface area contributed by atoms with Gasteiger partial charge in [0.15, 0.2) is 16.6 Å². The number of esters is 1. The minimum Gasteiger partial charge on any atom is -0.507 e. The summed E-state index contributed by atoms with van der Waals surface area (Å²) in [4.78, 5) is 45.5. The van der Waals surface area contributed by atoms with Crippen LogP contribution < -0.4 is 19.1 Å². The van der Waals surface area contributed by atoms with Crippen molar-refractivity contribution in [3.8, 4) is 17.2 Å². The highest BCUT2D eigenvalue weighted by Crippen LogP contribution is 2.45. The number of rotatable bonds is 9. The molecule has 0 saturated carbocycles. The van der Waals surface area contributed by atoms with Gasteiger partial charge < -0.3 is 24.1 Å². The van der Waals surface area contributed by atoms with E-state index in [1.165, 1.54) is 11.0 Å². The van der Waals surface area contributed by atoms with Gasteiger partial charge in [0.05, 0.1) is 17.3 Å². The quantitative estimate of drug-likeness (QED) is 0.127. The van der Waals surface area contributed by atoms with Gasteiger partial charge in [-0.05, 0) is 42.8 Å². The largest absolute Gasteiger partial charge is 0.507 e. The average Bonchev–Trinajstić information content (AvgIpc) is 3.50. The summed E-state index contributed by atoms with van der Waals surface area (Å²) in [5.41, 5.74) is 0.916. The van der Waals surface area contributed by atoms with E-state index in [0.29, 0.717) is 41.7 Å². The fourth-order valence-electron chi connectivity index (χ4n) is 4.50. The fraction of sp³-hybridized carbons (Fsp3) is 0.200. The molecule has 2 aromatic carbocycles. The maximum absolute atomic E-state index is 13.6. The standard InChI is InChI=1S/C30H26N2O8S/c1-4-11-37-20-8-6-7-18(15-20)24-23(25(33)19-9-10-21-22(16-19)39-14-13-38-21)26(34)28(35)32(24)30-31-17(3)27(41-30)29(36)40-12-5-2/h4-10,15-16,24,33H,1-2,11-14H2,3H3/t24-/m1/s1. The maximum Gasteiger partial charge on any atom is 0.350 e. The van der Waals surface area contributed by atoms with Gasteiger partial charge in [0.25, 0.3) is 5.78 Å². The smallest absolute Gasteiger partial charge is 0.350 e. The number of Topliss-reactive ketones (excluding diaryl/α,β-unsaturated/α-hetero) is 1. The topological polar surface area (TPSA) is 124 Å². The summed E-state index contributed by atoms with van der Waals surface area (Å²) >= 11 is 0.913.